The summed E-state index contributed by atoms with van der Waals surface area (Å²) in [6, 6.07) is 7.97. The summed E-state index contributed by atoms with van der Waals surface area (Å²) in [4.78, 5) is 18.2. The minimum Gasteiger partial charge on any atom is -0.492 e. The molecular formula is C13H11IN2O2. The predicted octanol–water partition coefficient (Wildman–Crippen LogP) is 2.62. The third-order valence-corrected chi connectivity index (χ3v) is 4.05. The fourth-order valence-electron chi connectivity index (χ4n) is 1.91. The molecule has 0 aliphatic heterocycles. The van der Waals surface area contributed by atoms with E-state index in [0.29, 0.717) is 11.7 Å². The van der Waals surface area contributed by atoms with E-state index in [1.54, 1.807) is 22.6 Å². The van der Waals surface area contributed by atoms with Gasteiger partial charge >= 0.3 is 0 Å². The molecule has 0 atom stereocenters. The predicted molar refractivity (Wildman–Crippen MR) is 76.7 cm³/mol. The second kappa shape index (κ2) is 4.38. The van der Waals surface area contributed by atoms with Gasteiger partial charge in [0.2, 0.25) is 5.88 Å². The fourth-order valence-corrected chi connectivity index (χ4v) is 2.17. The van der Waals surface area contributed by atoms with E-state index >= 15 is 0 Å². The maximum atomic E-state index is 11.6. The number of nitrogens with one attached hydrogen (secondary N) is 1. The van der Waals surface area contributed by atoms with Crippen LogP contribution in [0.2, 0.25) is 0 Å². The van der Waals surface area contributed by atoms with E-state index in [0.717, 1.165) is 5.56 Å². The third kappa shape index (κ3) is 2.14. The molecule has 2 N–H and O–H groups in total. The number of halogens is 1. The standard InChI is InChI=1S/C13H11IN2O2/c14-10-12(17)15-11(16-13(10)18)9-5-3-8(4-6-9)7-1-2-7/h3-7H,1-2H2,(H2,15,16,17,18). The van der Waals surface area contributed by atoms with Crippen LogP contribution in [0.1, 0.15) is 24.3 Å². The molecule has 0 spiro atoms. The summed E-state index contributed by atoms with van der Waals surface area (Å²) in [6.07, 6.45) is 2.53. The molecule has 3 rings (SSSR count). The van der Waals surface area contributed by atoms with Gasteiger partial charge < -0.3 is 10.1 Å². The highest BCUT2D eigenvalue weighted by Crippen LogP contribution is 2.40. The van der Waals surface area contributed by atoms with E-state index in [2.05, 4.69) is 22.1 Å². The van der Waals surface area contributed by atoms with Crippen LogP contribution < -0.4 is 5.56 Å². The van der Waals surface area contributed by atoms with E-state index in [4.69, 9.17) is 0 Å². The topological polar surface area (TPSA) is 66.0 Å². The van der Waals surface area contributed by atoms with Crippen molar-refractivity contribution in [1.29, 1.82) is 0 Å². The summed E-state index contributed by atoms with van der Waals surface area (Å²) in [5.41, 5.74) is 1.82. The van der Waals surface area contributed by atoms with Crippen LogP contribution in [0, 0.1) is 3.57 Å². The smallest absolute Gasteiger partial charge is 0.268 e. The molecule has 1 aromatic heterocycles. The summed E-state index contributed by atoms with van der Waals surface area (Å²) < 4.78 is 0.214. The van der Waals surface area contributed by atoms with Crippen molar-refractivity contribution >= 4 is 22.6 Å². The van der Waals surface area contributed by atoms with E-state index in [-0.39, 0.29) is 15.0 Å². The SMILES string of the molecule is O=c1[nH]c(-c2ccc(C3CC3)cc2)nc(O)c1I. The average molecular weight is 354 g/mol. The van der Waals surface area contributed by atoms with E-state index in [1.807, 2.05) is 12.1 Å². The molecule has 0 saturated heterocycles. The molecule has 1 aliphatic carbocycles. The van der Waals surface area contributed by atoms with E-state index in [1.165, 1.54) is 18.4 Å². The van der Waals surface area contributed by atoms with Gasteiger partial charge in [0.05, 0.1) is 0 Å². The number of aromatic nitrogens is 2. The van der Waals surface area contributed by atoms with Gasteiger partial charge in [-0.25, -0.2) is 0 Å². The second-order valence-corrected chi connectivity index (χ2v) is 5.53. The zero-order valence-electron chi connectivity index (χ0n) is 9.48. The van der Waals surface area contributed by atoms with Crippen molar-refractivity contribution < 1.29 is 5.11 Å². The van der Waals surface area contributed by atoms with Crippen molar-refractivity contribution in [3.63, 3.8) is 0 Å². The minimum absolute atomic E-state index is 0.214. The normalized spacial score (nSPS) is 14.7. The van der Waals surface area contributed by atoms with Crippen molar-refractivity contribution in [2.45, 2.75) is 18.8 Å². The van der Waals surface area contributed by atoms with Crippen LogP contribution in [0.4, 0.5) is 0 Å². The Bertz CT molecular complexity index is 645. The summed E-state index contributed by atoms with van der Waals surface area (Å²) in [5.74, 6) is 0.886. The van der Waals surface area contributed by atoms with Gasteiger partial charge in [-0.2, -0.15) is 4.98 Å². The first kappa shape index (κ1) is 11.7. The van der Waals surface area contributed by atoms with Crippen LogP contribution in [0.3, 0.4) is 0 Å². The number of nitrogens with zero attached hydrogens (tertiary/aromatic N) is 1. The lowest BCUT2D eigenvalue weighted by molar-refractivity contribution is 0.447. The molecule has 0 bridgehead atoms. The zero-order chi connectivity index (χ0) is 12.7. The Hall–Kier alpha value is -1.37. The maximum Gasteiger partial charge on any atom is 0.268 e. The number of aromatic amines is 1. The van der Waals surface area contributed by atoms with Crippen LogP contribution in [0.25, 0.3) is 11.4 Å². The fraction of sp³-hybridized carbons (Fsp3) is 0.231. The lowest BCUT2D eigenvalue weighted by Crippen LogP contribution is -2.12. The molecule has 0 unspecified atom stereocenters. The van der Waals surface area contributed by atoms with Crippen LogP contribution in [0.5, 0.6) is 5.88 Å². The number of aromatic hydroxyl groups is 1. The van der Waals surface area contributed by atoms with Crippen LogP contribution >= 0.6 is 22.6 Å². The Morgan fingerprint density at radius 2 is 1.94 bits per heavy atom. The molecule has 1 saturated carbocycles. The zero-order valence-corrected chi connectivity index (χ0v) is 11.6. The molecule has 1 fully saturated rings. The molecular weight excluding hydrogens is 343 g/mol. The molecule has 4 nitrogen and oxygen atoms in total. The highest BCUT2D eigenvalue weighted by molar-refractivity contribution is 14.1. The summed E-state index contributed by atoms with van der Waals surface area (Å²) in [5, 5.41) is 9.56. The van der Waals surface area contributed by atoms with Gasteiger partial charge in [-0.1, -0.05) is 24.3 Å². The lowest BCUT2D eigenvalue weighted by Gasteiger charge is -2.04. The molecule has 1 aromatic carbocycles. The molecule has 18 heavy (non-hydrogen) atoms. The van der Waals surface area contributed by atoms with Gasteiger partial charge in [0.15, 0.2) is 0 Å². The van der Waals surface area contributed by atoms with Crippen molar-refractivity contribution in [3.8, 4) is 17.3 Å². The molecule has 2 aromatic rings. The van der Waals surface area contributed by atoms with Gasteiger partial charge in [-0.15, -0.1) is 0 Å². The Kier molecular flexibility index (Phi) is 2.85. The highest BCUT2D eigenvalue weighted by atomic mass is 127. The van der Waals surface area contributed by atoms with E-state index < -0.39 is 0 Å². The number of hydrogen-bond donors (Lipinski definition) is 2. The molecule has 0 radical (unpaired) electrons. The van der Waals surface area contributed by atoms with Gasteiger partial charge in [0.1, 0.15) is 9.39 Å². The van der Waals surface area contributed by atoms with Gasteiger partial charge in [-0.3, -0.25) is 4.79 Å². The number of rotatable bonds is 2. The number of H-pyrrole nitrogens is 1. The average Bonchev–Trinajstić information content (AvgIpc) is 3.20. The van der Waals surface area contributed by atoms with E-state index in [9.17, 15) is 9.90 Å². The van der Waals surface area contributed by atoms with Crippen molar-refractivity contribution in [1.82, 2.24) is 9.97 Å². The largest absolute Gasteiger partial charge is 0.492 e. The summed E-state index contributed by atoms with van der Waals surface area (Å²) >= 11 is 1.77. The Balaban J connectivity index is 2.01. The highest BCUT2D eigenvalue weighted by Gasteiger charge is 2.23. The molecule has 92 valence electrons. The quantitative estimate of drug-likeness (QED) is 0.815. The summed E-state index contributed by atoms with van der Waals surface area (Å²) in [7, 11) is 0. The Morgan fingerprint density at radius 1 is 1.28 bits per heavy atom. The van der Waals surface area contributed by atoms with Crippen molar-refractivity contribution in [2.24, 2.45) is 0 Å². The van der Waals surface area contributed by atoms with Gasteiger partial charge in [-0.05, 0) is 46.9 Å². The monoisotopic (exact) mass is 354 g/mol. The first-order valence-corrected chi connectivity index (χ1v) is 6.82. The second-order valence-electron chi connectivity index (χ2n) is 4.45. The first-order valence-electron chi connectivity index (χ1n) is 5.74. The molecule has 1 aliphatic rings. The number of benzene rings is 1. The Morgan fingerprint density at radius 3 is 2.50 bits per heavy atom. The van der Waals surface area contributed by atoms with Crippen molar-refractivity contribution in [2.75, 3.05) is 0 Å². The summed E-state index contributed by atoms with van der Waals surface area (Å²) in [6.45, 7) is 0. The third-order valence-electron chi connectivity index (χ3n) is 3.08. The van der Waals surface area contributed by atoms with Crippen LogP contribution in [-0.2, 0) is 0 Å². The first-order chi connectivity index (χ1) is 8.65. The minimum atomic E-state index is -0.315. The molecule has 0 amide bonds. The molecule has 5 heteroatoms. The maximum absolute atomic E-state index is 11.6. The Labute approximate surface area is 117 Å². The van der Waals surface area contributed by atoms with Gasteiger partial charge in [0, 0.05) is 5.56 Å². The van der Waals surface area contributed by atoms with Crippen LogP contribution in [-0.4, -0.2) is 15.1 Å². The lowest BCUT2D eigenvalue weighted by atomic mass is 10.1. The molecule has 1 heterocycles. The van der Waals surface area contributed by atoms with Gasteiger partial charge in [0.25, 0.3) is 5.56 Å². The van der Waals surface area contributed by atoms with Crippen LogP contribution in [0.15, 0.2) is 29.1 Å². The van der Waals surface area contributed by atoms with Crippen molar-refractivity contribution in [3.05, 3.63) is 43.8 Å². The number of hydrogen-bond acceptors (Lipinski definition) is 3.